The minimum absolute atomic E-state index is 0.0262. The first-order chi connectivity index (χ1) is 11.8. The summed E-state index contributed by atoms with van der Waals surface area (Å²) in [5.41, 5.74) is -0.648. The molecule has 0 aromatic heterocycles. The van der Waals surface area contributed by atoms with Crippen LogP contribution in [0.5, 0.6) is 0 Å². The van der Waals surface area contributed by atoms with Gasteiger partial charge in [0.25, 0.3) is 0 Å². The summed E-state index contributed by atoms with van der Waals surface area (Å²) >= 11 is 0. The zero-order valence-electron chi connectivity index (χ0n) is 15.9. The van der Waals surface area contributed by atoms with Gasteiger partial charge in [0, 0.05) is 65.7 Å². The number of likely N-dealkylation sites (tertiary alicyclic amines) is 3. The molecule has 25 heavy (non-hydrogen) atoms. The SMILES string of the molecule is CCN1CC[C@@]2(CN(C(C)=O)CC23CCN(C(=O)N(C)C)CC3)C1=O. The molecule has 2 spiro atoms. The van der Waals surface area contributed by atoms with Gasteiger partial charge in [-0.05, 0) is 26.2 Å². The summed E-state index contributed by atoms with van der Waals surface area (Å²) in [6.45, 7) is 7.61. The molecule has 3 heterocycles. The van der Waals surface area contributed by atoms with Crippen LogP contribution in [0.15, 0.2) is 0 Å². The molecule has 3 fully saturated rings. The van der Waals surface area contributed by atoms with Gasteiger partial charge in [-0.3, -0.25) is 9.59 Å². The van der Waals surface area contributed by atoms with E-state index >= 15 is 0 Å². The van der Waals surface area contributed by atoms with Gasteiger partial charge in [-0.2, -0.15) is 0 Å². The maximum atomic E-state index is 13.2. The van der Waals surface area contributed by atoms with Crippen molar-refractivity contribution in [1.82, 2.24) is 19.6 Å². The van der Waals surface area contributed by atoms with Gasteiger partial charge >= 0.3 is 6.03 Å². The van der Waals surface area contributed by atoms with Crippen molar-refractivity contribution in [2.75, 3.05) is 53.4 Å². The maximum absolute atomic E-state index is 13.2. The second-order valence-corrected chi connectivity index (χ2v) is 8.04. The van der Waals surface area contributed by atoms with Crippen LogP contribution in [0.3, 0.4) is 0 Å². The largest absolute Gasteiger partial charge is 0.342 e. The minimum atomic E-state index is -0.456. The predicted molar refractivity (Wildman–Crippen MR) is 93.9 cm³/mol. The Morgan fingerprint density at radius 3 is 2.16 bits per heavy atom. The monoisotopic (exact) mass is 350 g/mol. The molecule has 3 aliphatic heterocycles. The number of rotatable bonds is 1. The molecule has 0 aromatic rings. The third-order valence-electron chi connectivity index (χ3n) is 6.68. The number of amides is 4. The Bertz CT molecular complexity index is 583. The highest BCUT2D eigenvalue weighted by molar-refractivity contribution is 5.88. The van der Waals surface area contributed by atoms with Gasteiger partial charge in [-0.15, -0.1) is 0 Å². The first kappa shape index (κ1) is 18.0. The first-order valence-electron chi connectivity index (χ1n) is 9.27. The highest BCUT2D eigenvalue weighted by Gasteiger charge is 2.65. The lowest BCUT2D eigenvalue weighted by molar-refractivity contribution is -0.142. The molecule has 1 atom stereocenters. The van der Waals surface area contributed by atoms with Crippen molar-refractivity contribution < 1.29 is 14.4 Å². The van der Waals surface area contributed by atoms with E-state index < -0.39 is 5.41 Å². The van der Waals surface area contributed by atoms with Gasteiger partial charge in [0.2, 0.25) is 11.8 Å². The average molecular weight is 350 g/mol. The Morgan fingerprint density at radius 1 is 1.04 bits per heavy atom. The van der Waals surface area contributed by atoms with Crippen molar-refractivity contribution >= 4 is 17.8 Å². The average Bonchev–Trinajstić information content (AvgIpc) is 3.08. The Labute approximate surface area is 149 Å². The summed E-state index contributed by atoms with van der Waals surface area (Å²) < 4.78 is 0. The van der Waals surface area contributed by atoms with Crippen LogP contribution in [-0.2, 0) is 9.59 Å². The number of urea groups is 1. The van der Waals surface area contributed by atoms with Crippen LogP contribution in [0.4, 0.5) is 4.79 Å². The molecule has 7 heteroatoms. The number of piperidine rings is 1. The molecule has 0 bridgehead atoms. The zero-order valence-corrected chi connectivity index (χ0v) is 15.9. The van der Waals surface area contributed by atoms with E-state index in [9.17, 15) is 14.4 Å². The summed E-state index contributed by atoms with van der Waals surface area (Å²) in [6, 6.07) is 0.0262. The lowest BCUT2D eigenvalue weighted by Crippen LogP contribution is -2.54. The smallest absolute Gasteiger partial charge is 0.319 e. The number of nitrogens with zero attached hydrogens (tertiary/aromatic N) is 4. The normalized spacial score (nSPS) is 28.3. The Morgan fingerprint density at radius 2 is 1.68 bits per heavy atom. The van der Waals surface area contributed by atoms with Crippen LogP contribution in [0.25, 0.3) is 0 Å². The Balaban J connectivity index is 1.87. The summed E-state index contributed by atoms with van der Waals surface area (Å²) in [6.07, 6.45) is 2.41. The van der Waals surface area contributed by atoms with Crippen LogP contribution >= 0.6 is 0 Å². The third-order valence-corrected chi connectivity index (χ3v) is 6.68. The second-order valence-electron chi connectivity index (χ2n) is 8.04. The van der Waals surface area contributed by atoms with Gasteiger partial charge in [-0.1, -0.05) is 0 Å². The van der Waals surface area contributed by atoms with Crippen molar-refractivity contribution in [3.05, 3.63) is 0 Å². The fourth-order valence-corrected chi connectivity index (χ4v) is 5.11. The Hall–Kier alpha value is -1.79. The topological polar surface area (TPSA) is 64.2 Å². The van der Waals surface area contributed by atoms with E-state index in [1.54, 1.807) is 25.9 Å². The summed E-state index contributed by atoms with van der Waals surface area (Å²) in [5.74, 6) is 0.261. The fourth-order valence-electron chi connectivity index (χ4n) is 5.11. The number of hydrogen-bond donors (Lipinski definition) is 0. The van der Waals surface area contributed by atoms with E-state index in [0.717, 1.165) is 32.4 Å². The maximum Gasteiger partial charge on any atom is 0.319 e. The summed E-state index contributed by atoms with van der Waals surface area (Å²) in [7, 11) is 3.53. The van der Waals surface area contributed by atoms with Crippen molar-refractivity contribution in [1.29, 1.82) is 0 Å². The minimum Gasteiger partial charge on any atom is -0.342 e. The summed E-state index contributed by atoms with van der Waals surface area (Å²) in [4.78, 5) is 44.8. The van der Waals surface area contributed by atoms with E-state index in [4.69, 9.17) is 0 Å². The van der Waals surface area contributed by atoms with Gasteiger partial charge in [-0.25, -0.2) is 4.79 Å². The standard InChI is InChI=1S/C18H30N4O3/c1-5-20-11-8-18(15(20)24)13-22(14(2)23)12-17(18)6-9-21(10-7-17)16(25)19(3)4/h5-13H2,1-4H3/t18-/m1/s1. The van der Waals surface area contributed by atoms with Gasteiger partial charge in [0.05, 0.1) is 5.41 Å². The van der Waals surface area contributed by atoms with Crippen LogP contribution in [-0.4, -0.2) is 90.8 Å². The quantitative estimate of drug-likeness (QED) is 0.704. The molecule has 0 unspecified atom stereocenters. The second kappa shape index (κ2) is 6.18. The lowest BCUT2D eigenvalue weighted by atomic mass is 9.60. The van der Waals surface area contributed by atoms with Gasteiger partial charge in [0.1, 0.15) is 0 Å². The van der Waals surface area contributed by atoms with Crippen molar-refractivity contribution in [2.24, 2.45) is 10.8 Å². The third kappa shape index (κ3) is 2.59. The number of fused-ring (bicyclic) bond motifs is 1. The molecule has 0 saturated carbocycles. The van der Waals surface area contributed by atoms with Crippen LogP contribution in [0.2, 0.25) is 0 Å². The van der Waals surface area contributed by atoms with Crippen molar-refractivity contribution in [2.45, 2.75) is 33.1 Å². The molecule has 7 nitrogen and oxygen atoms in total. The van der Waals surface area contributed by atoms with E-state index in [1.807, 2.05) is 21.6 Å². The fraction of sp³-hybridized carbons (Fsp3) is 0.833. The number of hydrogen-bond acceptors (Lipinski definition) is 3. The highest BCUT2D eigenvalue weighted by atomic mass is 16.2. The molecular formula is C18H30N4O3. The predicted octanol–water partition coefficient (Wildman–Crippen LogP) is 0.851. The van der Waals surface area contributed by atoms with Crippen molar-refractivity contribution in [3.8, 4) is 0 Å². The molecule has 3 saturated heterocycles. The van der Waals surface area contributed by atoms with E-state index in [2.05, 4.69) is 0 Å². The van der Waals surface area contributed by atoms with Gasteiger partial charge in [0.15, 0.2) is 0 Å². The molecule has 0 radical (unpaired) electrons. The molecule has 4 amide bonds. The van der Waals surface area contributed by atoms with E-state index in [1.165, 1.54) is 0 Å². The molecule has 0 aliphatic carbocycles. The highest BCUT2D eigenvalue weighted by Crippen LogP contribution is 2.57. The molecule has 3 rings (SSSR count). The van der Waals surface area contributed by atoms with Crippen LogP contribution in [0, 0.1) is 10.8 Å². The number of carbonyl (C=O) groups is 3. The molecule has 0 aromatic carbocycles. The molecule has 0 N–H and O–H groups in total. The summed E-state index contributed by atoms with van der Waals surface area (Å²) in [5, 5.41) is 0. The van der Waals surface area contributed by atoms with Gasteiger partial charge < -0.3 is 19.6 Å². The Kier molecular flexibility index (Phi) is 4.45. The molecule has 3 aliphatic rings. The van der Waals surface area contributed by atoms with E-state index in [0.29, 0.717) is 26.2 Å². The van der Waals surface area contributed by atoms with Crippen molar-refractivity contribution in [3.63, 3.8) is 0 Å². The zero-order chi connectivity index (χ0) is 18.4. The number of carbonyl (C=O) groups excluding carboxylic acids is 3. The van der Waals surface area contributed by atoms with Crippen LogP contribution in [0.1, 0.15) is 33.1 Å². The van der Waals surface area contributed by atoms with E-state index in [-0.39, 0.29) is 23.3 Å². The lowest BCUT2D eigenvalue weighted by Gasteiger charge is -2.47. The molecule has 140 valence electrons. The first-order valence-corrected chi connectivity index (χ1v) is 9.27. The molecular weight excluding hydrogens is 320 g/mol. The van der Waals surface area contributed by atoms with Crippen LogP contribution < -0.4 is 0 Å².